The van der Waals surface area contributed by atoms with E-state index in [2.05, 4.69) is 21.3 Å². The third-order valence-corrected chi connectivity index (χ3v) is 5.21. The van der Waals surface area contributed by atoms with Crippen molar-refractivity contribution in [2.24, 2.45) is 7.05 Å². The molecule has 156 valence electrons. The minimum absolute atomic E-state index is 0.197. The maximum Gasteiger partial charge on any atom is 0.227 e. The van der Waals surface area contributed by atoms with Gasteiger partial charge in [-0.1, -0.05) is 18.2 Å². The Morgan fingerprint density at radius 3 is 2.69 bits per heavy atom. The van der Waals surface area contributed by atoms with Gasteiger partial charge in [0.05, 0.1) is 12.2 Å². The number of hydrogen-bond acceptors (Lipinski definition) is 6. The second kappa shape index (κ2) is 7.72. The van der Waals surface area contributed by atoms with Crippen molar-refractivity contribution in [3.63, 3.8) is 0 Å². The first-order valence-corrected chi connectivity index (χ1v) is 9.76. The van der Waals surface area contributed by atoms with E-state index in [1.54, 1.807) is 36.1 Å². The third-order valence-electron chi connectivity index (χ3n) is 5.21. The summed E-state index contributed by atoms with van der Waals surface area (Å²) >= 11 is 0. The van der Waals surface area contributed by atoms with E-state index in [1.165, 1.54) is 12.1 Å². The van der Waals surface area contributed by atoms with Gasteiger partial charge in [-0.15, -0.1) is 10.2 Å². The molecule has 0 fully saturated rings. The summed E-state index contributed by atoms with van der Waals surface area (Å²) in [5, 5.41) is 26.9. The van der Waals surface area contributed by atoms with Crippen LogP contribution < -0.4 is 0 Å². The van der Waals surface area contributed by atoms with Gasteiger partial charge in [-0.05, 0) is 53.1 Å². The van der Waals surface area contributed by atoms with E-state index < -0.39 is 0 Å². The smallest absolute Gasteiger partial charge is 0.227 e. The van der Waals surface area contributed by atoms with Gasteiger partial charge in [0.25, 0.3) is 0 Å². The molecule has 0 aliphatic heterocycles. The Balaban J connectivity index is 1.65. The van der Waals surface area contributed by atoms with Crippen molar-refractivity contribution >= 4 is 11.1 Å². The van der Waals surface area contributed by atoms with Crippen molar-refractivity contribution in [1.82, 2.24) is 19.7 Å². The minimum atomic E-state index is -0.370. The van der Waals surface area contributed by atoms with Crippen LogP contribution in [0.4, 0.5) is 4.39 Å². The first kappa shape index (κ1) is 19.6. The maximum absolute atomic E-state index is 14.1. The lowest BCUT2D eigenvalue weighted by Crippen LogP contribution is -1.95. The maximum atomic E-state index is 14.1. The lowest BCUT2D eigenvalue weighted by atomic mass is 9.97. The van der Waals surface area contributed by atoms with Gasteiger partial charge < -0.3 is 14.1 Å². The Morgan fingerprint density at radius 1 is 1.09 bits per heavy atom. The number of aromatic nitrogens is 4. The number of halogens is 1. The molecule has 7 nitrogen and oxygen atoms in total. The SMILES string of the molecule is Cn1cnnc1-c1cc(F)ccc1-c1cccc(-c2nc3cc(CO)cc(C#N)c3o2)c1. The van der Waals surface area contributed by atoms with E-state index in [-0.39, 0.29) is 12.4 Å². The monoisotopic (exact) mass is 425 g/mol. The van der Waals surface area contributed by atoms with Crippen LogP contribution in [-0.2, 0) is 13.7 Å². The first-order valence-electron chi connectivity index (χ1n) is 9.76. The molecule has 0 unspecified atom stereocenters. The largest absolute Gasteiger partial charge is 0.435 e. The molecular weight excluding hydrogens is 409 g/mol. The van der Waals surface area contributed by atoms with E-state index in [9.17, 15) is 14.8 Å². The fourth-order valence-electron chi connectivity index (χ4n) is 3.69. The number of nitrogens with zero attached hydrogens (tertiary/aromatic N) is 5. The van der Waals surface area contributed by atoms with Gasteiger partial charge in [-0.3, -0.25) is 0 Å². The molecule has 0 saturated carbocycles. The lowest BCUT2D eigenvalue weighted by Gasteiger charge is -2.10. The zero-order chi connectivity index (χ0) is 22.2. The molecule has 2 aromatic heterocycles. The van der Waals surface area contributed by atoms with Crippen LogP contribution in [0.3, 0.4) is 0 Å². The number of hydrogen-bond donors (Lipinski definition) is 1. The molecule has 2 heterocycles. The normalized spacial score (nSPS) is 11.1. The number of benzene rings is 3. The van der Waals surface area contributed by atoms with Gasteiger partial charge in [0.15, 0.2) is 11.4 Å². The summed E-state index contributed by atoms with van der Waals surface area (Å²) in [5.41, 5.74) is 4.66. The highest BCUT2D eigenvalue weighted by Gasteiger charge is 2.17. The highest BCUT2D eigenvalue weighted by Crippen LogP contribution is 2.34. The number of rotatable bonds is 4. The zero-order valence-corrected chi connectivity index (χ0v) is 17.0. The Kier molecular flexibility index (Phi) is 4.73. The Bertz CT molecular complexity index is 1510. The topological polar surface area (TPSA) is 101 Å². The van der Waals surface area contributed by atoms with Gasteiger partial charge in [0.2, 0.25) is 5.89 Å². The lowest BCUT2D eigenvalue weighted by molar-refractivity contribution is 0.282. The van der Waals surface area contributed by atoms with Crippen molar-refractivity contribution in [2.75, 3.05) is 0 Å². The van der Waals surface area contributed by atoms with Gasteiger partial charge in [-0.25, -0.2) is 9.37 Å². The summed E-state index contributed by atoms with van der Waals surface area (Å²) in [4.78, 5) is 4.52. The average molecular weight is 425 g/mol. The average Bonchev–Trinajstić information content (AvgIpc) is 3.44. The predicted octanol–water partition coefficient (Wildman–Crippen LogP) is 4.46. The van der Waals surface area contributed by atoms with Crippen molar-refractivity contribution < 1.29 is 13.9 Å². The second-order valence-corrected chi connectivity index (χ2v) is 7.32. The van der Waals surface area contributed by atoms with Crippen LogP contribution >= 0.6 is 0 Å². The summed E-state index contributed by atoms with van der Waals surface area (Å²) < 4.78 is 21.7. The summed E-state index contributed by atoms with van der Waals surface area (Å²) in [6, 6.07) is 17.4. The van der Waals surface area contributed by atoms with E-state index in [0.717, 1.165) is 11.1 Å². The molecule has 0 bridgehead atoms. The van der Waals surface area contributed by atoms with Gasteiger partial charge in [0.1, 0.15) is 23.7 Å². The summed E-state index contributed by atoms with van der Waals surface area (Å²) in [5.74, 6) is 0.517. The first-order chi connectivity index (χ1) is 15.6. The molecule has 5 aromatic rings. The Morgan fingerprint density at radius 2 is 1.94 bits per heavy atom. The quantitative estimate of drug-likeness (QED) is 0.456. The number of nitriles is 1. The second-order valence-electron chi connectivity index (χ2n) is 7.32. The molecule has 3 aromatic carbocycles. The standard InChI is InChI=1S/C24H16FN5O2/c1-30-13-27-29-23(30)20-10-18(25)5-6-19(20)15-3-2-4-16(9-15)24-28-21-8-14(12-31)7-17(11-26)22(21)32-24/h2-10,13,31H,12H2,1H3. The highest BCUT2D eigenvalue weighted by molar-refractivity contribution is 5.85. The summed E-state index contributed by atoms with van der Waals surface area (Å²) in [6.07, 6.45) is 1.56. The Labute approximate surface area is 182 Å². The van der Waals surface area contributed by atoms with E-state index >= 15 is 0 Å². The molecule has 1 N–H and O–H groups in total. The van der Waals surface area contributed by atoms with Crippen LogP contribution in [0.15, 0.2) is 65.3 Å². The predicted molar refractivity (Wildman–Crippen MR) is 115 cm³/mol. The number of aliphatic hydroxyl groups is 1. The Hall–Kier alpha value is -4.35. The number of fused-ring (bicyclic) bond motifs is 1. The minimum Gasteiger partial charge on any atom is -0.435 e. The van der Waals surface area contributed by atoms with E-state index in [1.807, 2.05) is 24.3 Å². The van der Waals surface area contributed by atoms with Gasteiger partial charge in [-0.2, -0.15) is 5.26 Å². The van der Waals surface area contributed by atoms with E-state index in [4.69, 9.17) is 4.42 Å². The van der Waals surface area contributed by atoms with Crippen LogP contribution in [0.25, 0.3) is 45.1 Å². The third kappa shape index (κ3) is 3.31. The van der Waals surface area contributed by atoms with Crippen LogP contribution in [-0.4, -0.2) is 24.9 Å². The van der Waals surface area contributed by atoms with Crippen molar-refractivity contribution in [3.8, 4) is 40.0 Å². The fraction of sp³-hybridized carbons (Fsp3) is 0.0833. The molecule has 32 heavy (non-hydrogen) atoms. The molecule has 0 atom stereocenters. The molecule has 0 aliphatic rings. The van der Waals surface area contributed by atoms with Crippen LogP contribution in [0.2, 0.25) is 0 Å². The molecule has 0 amide bonds. The van der Waals surface area contributed by atoms with Crippen LogP contribution in [0.1, 0.15) is 11.1 Å². The summed E-state index contributed by atoms with van der Waals surface area (Å²) in [7, 11) is 1.80. The molecule has 8 heteroatoms. The molecule has 0 spiro atoms. The van der Waals surface area contributed by atoms with Crippen molar-refractivity contribution in [2.45, 2.75) is 6.61 Å². The van der Waals surface area contributed by atoms with Gasteiger partial charge >= 0.3 is 0 Å². The highest BCUT2D eigenvalue weighted by atomic mass is 19.1. The molecule has 5 rings (SSSR count). The summed E-state index contributed by atoms with van der Waals surface area (Å²) in [6.45, 7) is -0.197. The molecule has 0 radical (unpaired) electrons. The van der Waals surface area contributed by atoms with Crippen LogP contribution in [0.5, 0.6) is 0 Å². The number of oxazole rings is 1. The fourth-order valence-corrected chi connectivity index (χ4v) is 3.69. The van der Waals surface area contributed by atoms with Crippen LogP contribution in [0, 0.1) is 17.1 Å². The zero-order valence-electron chi connectivity index (χ0n) is 17.0. The number of aliphatic hydroxyl groups excluding tert-OH is 1. The van der Waals surface area contributed by atoms with Crippen molar-refractivity contribution in [3.05, 3.63) is 77.9 Å². The molecule has 0 saturated heterocycles. The van der Waals surface area contributed by atoms with E-state index in [0.29, 0.717) is 45.1 Å². The number of aryl methyl sites for hydroxylation is 1. The molecule has 0 aliphatic carbocycles. The van der Waals surface area contributed by atoms with Gasteiger partial charge in [0, 0.05) is 18.2 Å². The molecular formula is C24H16FN5O2. The van der Waals surface area contributed by atoms with Crippen molar-refractivity contribution in [1.29, 1.82) is 5.26 Å².